The van der Waals surface area contributed by atoms with Gasteiger partial charge in [-0.15, -0.1) is 0 Å². The first-order chi connectivity index (χ1) is 9.24. The fraction of sp³-hybridized carbons (Fsp3) is 0.143. The number of aryl methyl sites for hydroxylation is 1. The third-order valence-electron chi connectivity index (χ3n) is 2.88. The monoisotopic (exact) mass is 289 g/mol. The van der Waals surface area contributed by atoms with Gasteiger partial charge in [0.25, 0.3) is 0 Å². The lowest BCUT2D eigenvalue weighted by atomic mass is 10.2. The Hall–Kier alpha value is -1.52. The maximum atomic E-state index is 5.88. The number of aromatic nitrogens is 3. The fourth-order valence-corrected chi connectivity index (χ4v) is 3.05. The maximum absolute atomic E-state index is 5.88. The zero-order valence-electron chi connectivity index (χ0n) is 10.4. The highest BCUT2D eigenvalue weighted by Gasteiger charge is 2.07. The van der Waals surface area contributed by atoms with Gasteiger partial charge in [0.15, 0.2) is 0 Å². The number of thioether (sulfide) groups is 1. The molecule has 96 valence electrons. The summed E-state index contributed by atoms with van der Waals surface area (Å²) in [6.45, 7) is 0. The van der Waals surface area contributed by atoms with Crippen molar-refractivity contribution in [2.45, 2.75) is 10.8 Å². The van der Waals surface area contributed by atoms with E-state index in [1.807, 2.05) is 48.3 Å². The van der Waals surface area contributed by atoms with Gasteiger partial charge < -0.3 is 4.57 Å². The van der Waals surface area contributed by atoms with Gasteiger partial charge in [0.05, 0.1) is 11.8 Å². The van der Waals surface area contributed by atoms with Gasteiger partial charge in [-0.2, -0.15) is 0 Å². The predicted octanol–water partition coefficient (Wildman–Crippen LogP) is 3.91. The van der Waals surface area contributed by atoms with Crippen LogP contribution in [0.25, 0.3) is 11.0 Å². The van der Waals surface area contributed by atoms with Crippen molar-refractivity contribution in [1.29, 1.82) is 0 Å². The highest BCUT2D eigenvalue weighted by molar-refractivity contribution is 7.98. The molecule has 2 heterocycles. The van der Waals surface area contributed by atoms with E-state index in [0.29, 0.717) is 0 Å². The second-order valence-corrected chi connectivity index (χ2v) is 5.65. The SMILES string of the molecule is Cn1cnc2ccnc(SCc3ccc(Cl)cc3)c21. The van der Waals surface area contributed by atoms with Gasteiger partial charge in [-0.1, -0.05) is 35.5 Å². The summed E-state index contributed by atoms with van der Waals surface area (Å²) < 4.78 is 2.01. The Morgan fingerprint density at radius 2 is 1.95 bits per heavy atom. The lowest BCUT2D eigenvalue weighted by Gasteiger charge is -2.04. The Morgan fingerprint density at radius 3 is 2.74 bits per heavy atom. The van der Waals surface area contributed by atoms with Crippen LogP contribution < -0.4 is 0 Å². The van der Waals surface area contributed by atoms with E-state index in [0.717, 1.165) is 26.8 Å². The Balaban J connectivity index is 1.85. The molecule has 19 heavy (non-hydrogen) atoms. The number of hydrogen-bond acceptors (Lipinski definition) is 3. The molecular formula is C14H12ClN3S. The molecule has 0 saturated carbocycles. The zero-order chi connectivity index (χ0) is 13.2. The van der Waals surface area contributed by atoms with Gasteiger partial charge in [-0.3, -0.25) is 0 Å². The average molecular weight is 290 g/mol. The molecule has 0 radical (unpaired) electrons. The summed E-state index contributed by atoms with van der Waals surface area (Å²) >= 11 is 7.59. The first-order valence-electron chi connectivity index (χ1n) is 5.87. The number of hydrogen-bond donors (Lipinski definition) is 0. The third-order valence-corrected chi connectivity index (χ3v) is 4.18. The van der Waals surface area contributed by atoms with E-state index >= 15 is 0 Å². The Morgan fingerprint density at radius 1 is 1.16 bits per heavy atom. The molecule has 3 rings (SSSR count). The van der Waals surface area contributed by atoms with Crippen LogP contribution in [0, 0.1) is 0 Å². The number of rotatable bonds is 3. The first kappa shape index (κ1) is 12.5. The topological polar surface area (TPSA) is 30.7 Å². The molecular weight excluding hydrogens is 278 g/mol. The summed E-state index contributed by atoms with van der Waals surface area (Å²) in [4.78, 5) is 8.79. The van der Waals surface area contributed by atoms with Gasteiger partial charge in [0, 0.05) is 24.0 Å². The Kier molecular flexibility index (Phi) is 3.44. The quantitative estimate of drug-likeness (QED) is 0.685. The summed E-state index contributed by atoms with van der Waals surface area (Å²) in [5, 5.41) is 1.77. The summed E-state index contributed by atoms with van der Waals surface area (Å²) in [6, 6.07) is 9.84. The second-order valence-electron chi connectivity index (χ2n) is 4.25. The number of halogens is 1. The van der Waals surface area contributed by atoms with Gasteiger partial charge in [-0.25, -0.2) is 9.97 Å². The fourth-order valence-electron chi connectivity index (χ4n) is 1.91. The molecule has 0 atom stereocenters. The molecule has 3 aromatic rings. The van der Waals surface area contributed by atoms with E-state index in [2.05, 4.69) is 9.97 Å². The van der Waals surface area contributed by atoms with Crippen LogP contribution >= 0.6 is 23.4 Å². The zero-order valence-corrected chi connectivity index (χ0v) is 11.9. The van der Waals surface area contributed by atoms with E-state index < -0.39 is 0 Å². The number of nitrogens with zero attached hydrogens (tertiary/aromatic N) is 3. The Labute approximate surface area is 120 Å². The van der Waals surface area contributed by atoms with Gasteiger partial charge in [0.2, 0.25) is 0 Å². The van der Waals surface area contributed by atoms with Crippen LogP contribution in [-0.4, -0.2) is 14.5 Å². The summed E-state index contributed by atoms with van der Waals surface area (Å²) in [7, 11) is 1.99. The van der Waals surface area contributed by atoms with Crippen molar-refractivity contribution < 1.29 is 0 Å². The minimum absolute atomic E-state index is 0.764. The van der Waals surface area contributed by atoms with Crippen molar-refractivity contribution in [2.75, 3.05) is 0 Å². The summed E-state index contributed by atoms with van der Waals surface area (Å²) in [5.74, 6) is 0.870. The van der Waals surface area contributed by atoms with Crippen LogP contribution in [0.4, 0.5) is 0 Å². The average Bonchev–Trinajstić information content (AvgIpc) is 2.81. The summed E-state index contributed by atoms with van der Waals surface area (Å²) in [5.41, 5.74) is 3.30. The number of benzene rings is 1. The van der Waals surface area contributed by atoms with Gasteiger partial charge >= 0.3 is 0 Å². The molecule has 1 aromatic carbocycles. The van der Waals surface area contributed by atoms with Crippen LogP contribution in [0.1, 0.15) is 5.56 Å². The van der Waals surface area contributed by atoms with Crippen LogP contribution in [0.3, 0.4) is 0 Å². The molecule has 0 aliphatic carbocycles. The lowest BCUT2D eigenvalue weighted by molar-refractivity contribution is 0.927. The van der Waals surface area contributed by atoms with E-state index in [4.69, 9.17) is 11.6 Å². The molecule has 0 bridgehead atoms. The molecule has 0 fully saturated rings. The maximum Gasteiger partial charge on any atom is 0.122 e. The molecule has 0 amide bonds. The van der Waals surface area contributed by atoms with Crippen molar-refractivity contribution in [1.82, 2.24) is 14.5 Å². The molecule has 0 unspecified atom stereocenters. The highest BCUT2D eigenvalue weighted by atomic mass is 35.5. The molecule has 3 nitrogen and oxygen atoms in total. The first-order valence-corrected chi connectivity index (χ1v) is 7.23. The Bertz CT molecular complexity index is 706. The molecule has 0 saturated heterocycles. The van der Waals surface area contributed by atoms with Gasteiger partial charge in [0.1, 0.15) is 10.5 Å². The van der Waals surface area contributed by atoms with E-state index in [-0.39, 0.29) is 0 Å². The van der Waals surface area contributed by atoms with Crippen molar-refractivity contribution in [2.24, 2.45) is 7.05 Å². The standard InChI is InChI=1S/C14H12ClN3S/c1-18-9-17-12-6-7-16-14(13(12)18)19-8-10-2-4-11(15)5-3-10/h2-7,9H,8H2,1H3. The molecule has 0 spiro atoms. The minimum Gasteiger partial charge on any atom is -0.332 e. The van der Waals surface area contributed by atoms with E-state index in [1.165, 1.54) is 5.56 Å². The minimum atomic E-state index is 0.764. The normalized spacial score (nSPS) is 11.1. The van der Waals surface area contributed by atoms with E-state index in [1.54, 1.807) is 18.0 Å². The second kappa shape index (κ2) is 5.23. The number of pyridine rings is 1. The number of imidazole rings is 1. The number of fused-ring (bicyclic) bond motifs is 1. The molecule has 0 aliphatic heterocycles. The summed E-state index contributed by atoms with van der Waals surface area (Å²) in [6.07, 6.45) is 3.62. The molecule has 2 aromatic heterocycles. The smallest absolute Gasteiger partial charge is 0.122 e. The third kappa shape index (κ3) is 2.60. The van der Waals surface area contributed by atoms with Crippen molar-refractivity contribution >= 4 is 34.4 Å². The van der Waals surface area contributed by atoms with Gasteiger partial charge in [-0.05, 0) is 23.8 Å². The highest BCUT2D eigenvalue weighted by Crippen LogP contribution is 2.27. The van der Waals surface area contributed by atoms with Crippen LogP contribution in [0.2, 0.25) is 5.02 Å². The van der Waals surface area contributed by atoms with Crippen molar-refractivity contribution in [3.05, 3.63) is 53.4 Å². The predicted molar refractivity (Wildman–Crippen MR) is 79.5 cm³/mol. The largest absolute Gasteiger partial charge is 0.332 e. The molecule has 0 N–H and O–H groups in total. The van der Waals surface area contributed by atoms with Crippen molar-refractivity contribution in [3.8, 4) is 0 Å². The van der Waals surface area contributed by atoms with Crippen LogP contribution in [0.5, 0.6) is 0 Å². The molecule has 0 aliphatic rings. The van der Waals surface area contributed by atoms with Crippen molar-refractivity contribution in [3.63, 3.8) is 0 Å². The van der Waals surface area contributed by atoms with E-state index in [9.17, 15) is 0 Å². The molecule has 5 heteroatoms. The lowest BCUT2D eigenvalue weighted by Crippen LogP contribution is -1.90. The van der Waals surface area contributed by atoms with Crippen LogP contribution in [-0.2, 0) is 12.8 Å². The van der Waals surface area contributed by atoms with Crippen LogP contribution in [0.15, 0.2) is 47.9 Å².